The Hall–Kier alpha value is -0.370. The van der Waals surface area contributed by atoms with Gasteiger partial charge >= 0.3 is 0 Å². The third-order valence-electron chi connectivity index (χ3n) is 6.76. The first-order chi connectivity index (χ1) is 12.6. The second-order valence-electron chi connectivity index (χ2n) is 8.16. The van der Waals surface area contributed by atoms with Crippen LogP contribution < -0.4 is 16.2 Å². The van der Waals surface area contributed by atoms with Gasteiger partial charge in [0.05, 0.1) is 17.7 Å². The fraction of sp³-hybridized carbons (Fsp3) is 0.684. The van der Waals surface area contributed by atoms with Gasteiger partial charge in [-0.25, -0.2) is 15.2 Å². The molecule has 3 aliphatic heterocycles. The van der Waals surface area contributed by atoms with Crippen LogP contribution in [0.4, 0.5) is 4.39 Å². The highest BCUT2D eigenvalue weighted by Crippen LogP contribution is 2.58. The summed E-state index contributed by atoms with van der Waals surface area (Å²) in [5.74, 6) is 0.795. The predicted octanol–water partition coefficient (Wildman–Crippen LogP) is 3.45. The van der Waals surface area contributed by atoms with E-state index >= 15 is 0 Å². The number of thioether (sulfide) groups is 1. The van der Waals surface area contributed by atoms with E-state index in [9.17, 15) is 4.39 Å². The third kappa shape index (κ3) is 2.57. The lowest BCUT2D eigenvalue weighted by Gasteiger charge is -2.36. The molecule has 3 N–H and O–H groups in total. The standard InChI is InChI=1S/C19H26ClFN4S/c1-9-18-24-23-10(2)25(18)19-15(11-5-3-8-14(11)26-19)17(22-9)16-12(20)6-4-7-13(16)21/h4,6-7,9-11,14-15,17-19,22-24H,3,5,8H2,1-2H3/t9-,10?,11?,14?,15?,17?,18?,19?/m0/s1. The van der Waals surface area contributed by atoms with Gasteiger partial charge in [0, 0.05) is 33.8 Å². The van der Waals surface area contributed by atoms with Crippen LogP contribution in [0.2, 0.25) is 5.02 Å². The zero-order valence-electron chi connectivity index (χ0n) is 15.1. The zero-order chi connectivity index (χ0) is 18.0. The minimum atomic E-state index is -0.186. The molecule has 4 nitrogen and oxygen atoms in total. The number of nitrogens with one attached hydrogen (secondary N) is 3. The lowest BCUT2D eigenvalue weighted by Crippen LogP contribution is -2.51. The van der Waals surface area contributed by atoms with Gasteiger partial charge in [-0.05, 0) is 44.7 Å². The Labute approximate surface area is 163 Å². The molecule has 1 saturated carbocycles. The van der Waals surface area contributed by atoms with E-state index in [1.807, 2.05) is 6.07 Å². The maximum Gasteiger partial charge on any atom is 0.129 e. The Morgan fingerprint density at radius 3 is 2.88 bits per heavy atom. The van der Waals surface area contributed by atoms with Crippen molar-refractivity contribution in [1.82, 2.24) is 21.1 Å². The molecule has 0 spiro atoms. The van der Waals surface area contributed by atoms with Crippen LogP contribution >= 0.6 is 23.4 Å². The monoisotopic (exact) mass is 396 g/mol. The Morgan fingerprint density at radius 1 is 1.23 bits per heavy atom. The zero-order valence-corrected chi connectivity index (χ0v) is 16.7. The molecule has 7 heteroatoms. The highest BCUT2D eigenvalue weighted by molar-refractivity contribution is 8.00. The first kappa shape index (κ1) is 17.7. The fourth-order valence-corrected chi connectivity index (χ4v) is 8.11. The summed E-state index contributed by atoms with van der Waals surface area (Å²) in [6.45, 7) is 4.39. The van der Waals surface area contributed by atoms with Crippen LogP contribution in [0.1, 0.15) is 44.7 Å². The molecule has 0 bridgehead atoms. The molecular formula is C19H26ClFN4S. The Morgan fingerprint density at radius 2 is 2.08 bits per heavy atom. The van der Waals surface area contributed by atoms with Crippen molar-refractivity contribution in [2.45, 2.75) is 68.1 Å². The van der Waals surface area contributed by atoms with Gasteiger partial charge in [-0.1, -0.05) is 24.1 Å². The molecule has 0 amide bonds. The molecule has 3 saturated heterocycles. The summed E-state index contributed by atoms with van der Waals surface area (Å²) in [5.41, 5.74) is 7.51. The number of benzene rings is 1. The summed E-state index contributed by atoms with van der Waals surface area (Å²) in [7, 11) is 0. The SMILES string of the molecule is CC1NNC2[C@H](C)NC(c3c(F)cccc3Cl)C3C4CCCC4SC3N12. The molecule has 142 valence electrons. The van der Waals surface area contributed by atoms with Crippen LogP contribution in [0.5, 0.6) is 0 Å². The summed E-state index contributed by atoms with van der Waals surface area (Å²) < 4.78 is 14.9. The van der Waals surface area contributed by atoms with Gasteiger partial charge in [0.2, 0.25) is 0 Å². The van der Waals surface area contributed by atoms with Gasteiger partial charge in [-0.2, -0.15) is 0 Å². The molecule has 0 radical (unpaired) electrons. The van der Waals surface area contributed by atoms with E-state index < -0.39 is 0 Å². The molecule has 7 unspecified atom stereocenters. The van der Waals surface area contributed by atoms with E-state index in [1.54, 1.807) is 12.1 Å². The molecule has 0 aromatic heterocycles. The van der Waals surface area contributed by atoms with Crippen molar-refractivity contribution in [3.8, 4) is 0 Å². The first-order valence-corrected chi connectivity index (χ1v) is 11.0. The summed E-state index contributed by atoms with van der Waals surface area (Å²) in [5, 5.41) is 5.36. The van der Waals surface area contributed by atoms with Crippen molar-refractivity contribution in [1.29, 1.82) is 0 Å². The van der Waals surface area contributed by atoms with Crippen LogP contribution in [0.25, 0.3) is 0 Å². The van der Waals surface area contributed by atoms with Gasteiger partial charge in [0.25, 0.3) is 0 Å². The molecule has 26 heavy (non-hydrogen) atoms. The van der Waals surface area contributed by atoms with E-state index in [-0.39, 0.29) is 30.2 Å². The second-order valence-corrected chi connectivity index (χ2v) is 9.93. The number of hydrazine groups is 1. The quantitative estimate of drug-likeness (QED) is 0.678. The van der Waals surface area contributed by atoms with Crippen LogP contribution in [-0.4, -0.2) is 33.9 Å². The van der Waals surface area contributed by atoms with Crippen molar-refractivity contribution >= 4 is 23.4 Å². The lowest BCUT2D eigenvalue weighted by atomic mass is 9.81. The van der Waals surface area contributed by atoms with Crippen molar-refractivity contribution in [2.24, 2.45) is 11.8 Å². The van der Waals surface area contributed by atoms with Crippen molar-refractivity contribution in [3.63, 3.8) is 0 Å². The van der Waals surface area contributed by atoms with E-state index in [0.717, 1.165) is 0 Å². The summed E-state index contributed by atoms with van der Waals surface area (Å²) >= 11 is 8.63. The average Bonchev–Trinajstić information content (AvgIpc) is 3.25. The van der Waals surface area contributed by atoms with E-state index in [0.29, 0.717) is 33.0 Å². The molecule has 5 rings (SSSR count). The minimum Gasteiger partial charge on any atom is -0.304 e. The molecule has 4 aliphatic rings. The molecule has 3 heterocycles. The molecule has 1 aromatic carbocycles. The smallest absolute Gasteiger partial charge is 0.129 e. The molecule has 4 fully saturated rings. The molecule has 8 atom stereocenters. The van der Waals surface area contributed by atoms with Crippen molar-refractivity contribution < 1.29 is 4.39 Å². The highest BCUT2D eigenvalue weighted by Gasteiger charge is 2.57. The average molecular weight is 397 g/mol. The van der Waals surface area contributed by atoms with Crippen molar-refractivity contribution in [3.05, 3.63) is 34.6 Å². The van der Waals surface area contributed by atoms with E-state index in [4.69, 9.17) is 11.6 Å². The van der Waals surface area contributed by atoms with Crippen molar-refractivity contribution in [2.75, 3.05) is 0 Å². The van der Waals surface area contributed by atoms with Crippen LogP contribution in [0.15, 0.2) is 18.2 Å². The van der Waals surface area contributed by atoms with Gasteiger partial charge < -0.3 is 5.32 Å². The van der Waals surface area contributed by atoms with Gasteiger partial charge in [-0.15, -0.1) is 11.8 Å². The number of fused-ring (bicyclic) bond motifs is 5. The van der Waals surface area contributed by atoms with E-state index in [2.05, 4.69) is 46.7 Å². The third-order valence-corrected chi connectivity index (χ3v) is 8.86. The van der Waals surface area contributed by atoms with Crippen LogP contribution in [0.3, 0.4) is 0 Å². The number of rotatable bonds is 1. The Bertz CT molecular complexity index is 686. The Kier molecular flexibility index (Phi) is 4.50. The predicted molar refractivity (Wildman–Crippen MR) is 104 cm³/mol. The molecule has 1 aromatic rings. The van der Waals surface area contributed by atoms with Gasteiger partial charge in [0.15, 0.2) is 0 Å². The first-order valence-electron chi connectivity index (χ1n) is 9.70. The normalized spacial score (nSPS) is 45.2. The number of hydrogen-bond acceptors (Lipinski definition) is 5. The lowest BCUT2D eigenvalue weighted by molar-refractivity contribution is 0.131. The fourth-order valence-electron chi connectivity index (χ4n) is 5.65. The summed E-state index contributed by atoms with van der Waals surface area (Å²) in [6, 6.07) is 5.20. The van der Waals surface area contributed by atoms with Crippen LogP contribution in [0, 0.1) is 17.7 Å². The summed E-state index contributed by atoms with van der Waals surface area (Å²) in [4.78, 5) is 2.57. The highest BCUT2D eigenvalue weighted by atomic mass is 35.5. The molecule has 1 aliphatic carbocycles. The summed E-state index contributed by atoms with van der Waals surface area (Å²) in [6.07, 6.45) is 4.26. The number of halogens is 2. The van der Waals surface area contributed by atoms with Gasteiger partial charge in [-0.3, -0.25) is 4.90 Å². The minimum absolute atomic E-state index is 0.0519. The second kappa shape index (κ2) is 6.61. The largest absolute Gasteiger partial charge is 0.304 e. The maximum atomic E-state index is 14.9. The van der Waals surface area contributed by atoms with Gasteiger partial charge in [0.1, 0.15) is 5.82 Å². The maximum absolute atomic E-state index is 14.9. The topological polar surface area (TPSA) is 39.3 Å². The number of nitrogens with zero attached hydrogens (tertiary/aromatic N) is 1. The Balaban J connectivity index is 1.62. The van der Waals surface area contributed by atoms with E-state index in [1.165, 1.54) is 19.3 Å². The number of hydrogen-bond donors (Lipinski definition) is 3. The van der Waals surface area contributed by atoms with Crippen LogP contribution in [-0.2, 0) is 0 Å². The molecular weight excluding hydrogens is 371 g/mol.